The van der Waals surface area contributed by atoms with E-state index in [0.29, 0.717) is 4.83 Å². The third-order valence-electron chi connectivity index (χ3n) is 3.64. The lowest BCUT2D eigenvalue weighted by molar-refractivity contribution is 0.444. The summed E-state index contributed by atoms with van der Waals surface area (Å²) in [4.78, 5) is 5.09. The fourth-order valence-corrected chi connectivity index (χ4v) is 3.42. The first-order valence-electron chi connectivity index (χ1n) is 6.82. The van der Waals surface area contributed by atoms with Crippen LogP contribution in [0.1, 0.15) is 51.3 Å². The van der Waals surface area contributed by atoms with Crippen LogP contribution in [0, 0.1) is 5.92 Å². The maximum absolute atomic E-state index is 4.42. The van der Waals surface area contributed by atoms with Gasteiger partial charge >= 0.3 is 0 Å². The summed E-state index contributed by atoms with van der Waals surface area (Å²) in [5.41, 5.74) is 0. The molecule has 0 radical (unpaired) electrons. The maximum atomic E-state index is 4.42. The lowest BCUT2D eigenvalue weighted by Gasteiger charge is -2.19. The highest BCUT2D eigenvalue weighted by molar-refractivity contribution is 9.09. The Morgan fingerprint density at radius 2 is 2.18 bits per heavy atom. The summed E-state index contributed by atoms with van der Waals surface area (Å²) in [5.74, 6) is 1.90. The number of aromatic nitrogens is 3. The Labute approximate surface area is 112 Å². The number of hydrogen-bond acceptors (Lipinski definition) is 2. The molecule has 0 N–H and O–H groups in total. The van der Waals surface area contributed by atoms with Crippen LogP contribution in [0.3, 0.4) is 0 Å². The molecule has 2 rings (SSSR count). The van der Waals surface area contributed by atoms with Gasteiger partial charge in [0.25, 0.3) is 0 Å². The summed E-state index contributed by atoms with van der Waals surface area (Å²) in [7, 11) is 0. The molecule has 1 aliphatic rings. The lowest BCUT2D eigenvalue weighted by atomic mass is 9.96. The molecular formula is C13H22BrN3. The Morgan fingerprint density at radius 1 is 1.35 bits per heavy atom. The van der Waals surface area contributed by atoms with Crippen molar-refractivity contribution in [2.24, 2.45) is 5.92 Å². The summed E-state index contributed by atoms with van der Waals surface area (Å²) in [5, 5.41) is 4.31. The molecule has 1 saturated carbocycles. The highest BCUT2D eigenvalue weighted by Crippen LogP contribution is 2.30. The summed E-state index contributed by atoms with van der Waals surface area (Å²) < 4.78 is 2.07. The number of rotatable bonds is 4. The van der Waals surface area contributed by atoms with Crippen LogP contribution in [0.4, 0.5) is 0 Å². The molecule has 1 aromatic heterocycles. The van der Waals surface area contributed by atoms with E-state index in [2.05, 4.69) is 37.6 Å². The van der Waals surface area contributed by atoms with Gasteiger partial charge in [-0.05, 0) is 25.2 Å². The van der Waals surface area contributed by atoms with Gasteiger partial charge in [-0.15, -0.1) is 0 Å². The Balaban J connectivity index is 2.00. The molecule has 1 fully saturated rings. The average Bonchev–Trinajstić information content (AvgIpc) is 2.64. The molecule has 96 valence electrons. The van der Waals surface area contributed by atoms with Gasteiger partial charge in [0.2, 0.25) is 0 Å². The normalized spacial score (nSPS) is 25.8. The van der Waals surface area contributed by atoms with Crippen molar-refractivity contribution in [3.8, 4) is 0 Å². The zero-order valence-electron chi connectivity index (χ0n) is 10.6. The summed E-state index contributed by atoms with van der Waals surface area (Å²) >= 11 is 3.86. The Bertz CT molecular complexity index is 337. The van der Waals surface area contributed by atoms with Crippen LogP contribution < -0.4 is 0 Å². The third kappa shape index (κ3) is 3.54. The molecule has 17 heavy (non-hydrogen) atoms. The first-order valence-corrected chi connectivity index (χ1v) is 7.73. The van der Waals surface area contributed by atoms with Gasteiger partial charge in [-0.3, -0.25) is 4.68 Å². The van der Waals surface area contributed by atoms with Crippen molar-refractivity contribution in [3.05, 3.63) is 12.2 Å². The Kier molecular flexibility index (Phi) is 5.01. The molecule has 2 unspecified atom stereocenters. The van der Waals surface area contributed by atoms with Crippen molar-refractivity contribution in [1.29, 1.82) is 0 Å². The molecule has 0 bridgehead atoms. The fourth-order valence-electron chi connectivity index (χ4n) is 2.65. The van der Waals surface area contributed by atoms with Gasteiger partial charge < -0.3 is 0 Å². The molecular weight excluding hydrogens is 278 g/mol. The van der Waals surface area contributed by atoms with E-state index in [-0.39, 0.29) is 0 Å². The molecule has 3 nitrogen and oxygen atoms in total. The van der Waals surface area contributed by atoms with E-state index in [1.807, 2.05) is 0 Å². The van der Waals surface area contributed by atoms with Crippen molar-refractivity contribution < 1.29 is 0 Å². The smallest absolute Gasteiger partial charge is 0.138 e. The largest absolute Gasteiger partial charge is 0.250 e. The Hall–Kier alpha value is -0.380. The van der Waals surface area contributed by atoms with Crippen molar-refractivity contribution >= 4 is 15.9 Å². The third-order valence-corrected chi connectivity index (χ3v) is 4.85. The highest BCUT2D eigenvalue weighted by Gasteiger charge is 2.23. The molecule has 0 aromatic carbocycles. The quantitative estimate of drug-likeness (QED) is 0.628. The molecule has 1 aliphatic carbocycles. The van der Waals surface area contributed by atoms with E-state index in [0.717, 1.165) is 25.3 Å². The lowest BCUT2D eigenvalue weighted by Crippen LogP contribution is -2.18. The summed E-state index contributed by atoms with van der Waals surface area (Å²) in [6.45, 7) is 3.18. The maximum Gasteiger partial charge on any atom is 0.138 e. The van der Waals surface area contributed by atoms with Crippen LogP contribution >= 0.6 is 15.9 Å². The summed E-state index contributed by atoms with van der Waals surface area (Å²) in [6.07, 6.45) is 10.7. The molecule has 0 spiro atoms. The molecule has 2 atom stereocenters. The van der Waals surface area contributed by atoms with Crippen LogP contribution in [0.2, 0.25) is 0 Å². The van der Waals surface area contributed by atoms with Crippen LogP contribution in [-0.4, -0.2) is 19.6 Å². The standard InChI is InChI=1S/C13H22BrN3/c1-2-8-17-13(15-10-16-17)9-11-6-4-3-5-7-12(11)14/h10-12H,2-9H2,1H3. The van der Waals surface area contributed by atoms with E-state index in [1.165, 1.54) is 37.9 Å². The van der Waals surface area contributed by atoms with Crippen molar-refractivity contribution in [2.45, 2.75) is 63.2 Å². The van der Waals surface area contributed by atoms with E-state index in [4.69, 9.17) is 0 Å². The second-order valence-electron chi connectivity index (χ2n) is 5.02. The fraction of sp³-hybridized carbons (Fsp3) is 0.846. The van der Waals surface area contributed by atoms with Crippen molar-refractivity contribution in [2.75, 3.05) is 0 Å². The topological polar surface area (TPSA) is 30.7 Å². The molecule has 0 saturated heterocycles. The predicted molar refractivity (Wildman–Crippen MR) is 73.3 cm³/mol. The molecule has 0 amide bonds. The number of hydrogen-bond donors (Lipinski definition) is 0. The van der Waals surface area contributed by atoms with Gasteiger partial charge in [-0.25, -0.2) is 4.98 Å². The van der Waals surface area contributed by atoms with Gasteiger partial charge in [0, 0.05) is 17.8 Å². The van der Waals surface area contributed by atoms with Gasteiger partial charge in [0.1, 0.15) is 12.2 Å². The summed E-state index contributed by atoms with van der Waals surface area (Å²) in [6, 6.07) is 0. The highest BCUT2D eigenvalue weighted by atomic mass is 79.9. The van der Waals surface area contributed by atoms with Gasteiger partial charge in [0.15, 0.2) is 0 Å². The van der Waals surface area contributed by atoms with Crippen LogP contribution in [0.25, 0.3) is 0 Å². The second-order valence-corrected chi connectivity index (χ2v) is 6.19. The van der Waals surface area contributed by atoms with Crippen LogP contribution in [-0.2, 0) is 13.0 Å². The van der Waals surface area contributed by atoms with Crippen molar-refractivity contribution in [1.82, 2.24) is 14.8 Å². The Morgan fingerprint density at radius 3 is 3.00 bits per heavy atom. The SMILES string of the molecule is CCCn1ncnc1CC1CCCCCC1Br. The second kappa shape index (κ2) is 6.53. The minimum absolute atomic E-state index is 0.664. The van der Waals surface area contributed by atoms with Crippen LogP contribution in [0.5, 0.6) is 0 Å². The molecule has 0 aliphatic heterocycles. The first-order chi connectivity index (χ1) is 8.31. The van der Waals surface area contributed by atoms with Crippen LogP contribution in [0.15, 0.2) is 6.33 Å². The van der Waals surface area contributed by atoms with E-state index < -0.39 is 0 Å². The first kappa shape index (κ1) is 13.1. The number of alkyl halides is 1. The van der Waals surface area contributed by atoms with E-state index in [9.17, 15) is 0 Å². The molecule has 4 heteroatoms. The minimum atomic E-state index is 0.664. The minimum Gasteiger partial charge on any atom is -0.250 e. The van der Waals surface area contributed by atoms with E-state index in [1.54, 1.807) is 6.33 Å². The number of aryl methyl sites for hydroxylation is 1. The van der Waals surface area contributed by atoms with Gasteiger partial charge in [0.05, 0.1) is 0 Å². The zero-order valence-corrected chi connectivity index (χ0v) is 12.2. The zero-order chi connectivity index (χ0) is 12.1. The number of nitrogens with zero attached hydrogens (tertiary/aromatic N) is 3. The molecule has 1 heterocycles. The monoisotopic (exact) mass is 299 g/mol. The van der Waals surface area contributed by atoms with Crippen molar-refractivity contribution in [3.63, 3.8) is 0 Å². The molecule has 1 aromatic rings. The van der Waals surface area contributed by atoms with Gasteiger partial charge in [-0.1, -0.05) is 42.1 Å². The van der Waals surface area contributed by atoms with Gasteiger partial charge in [-0.2, -0.15) is 5.10 Å². The number of halogens is 1. The van der Waals surface area contributed by atoms with E-state index >= 15 is 0 Å². The predicted octanol–water partition coefficient (Wildman–Crippen LogP) is 3.57. The average molecular weight is 300 g/mol.